The molecule has 0 saturated carbocycles. The van der Waals surface area contributed by atoms with Crippen molar-refractivity contribution in [1.29, 1.82) is 0 Å². The maximum atomic E-state index is 12.0. The molecule has 6 nitrogen and oxygen atoms in total. The molecule has 1 aromatic carbocycles. The smallest absolute Gasteiger partial charge is 0.335 e. The monoisotopic (exact) mass is 259 g/mol. The van der Waals surface area contributed by atoms with Gasteiger partial charge in [0.25, 0.3) is 5.56 Å². The third kappa shape index (κ3) is 2.05. The van der Waals surface area contributed by atoms with E-state index in [1.165, 1.54) is 18.2 Å². The summed E-state index contributed by atoms with van der Waals surface area (Å²) in [6.45, 7) is 1.74. The summed E-state index contributed by atoms with van der Waals surface area (Å²) in [4.78, 5) is 32.0. The first-order valence-electron chi connectivity index (χ1n) is 6.17. The van der Waals surface area contributed by atoms with E-state index in [2.05, 4.69) is 9.97 Å². The largest absolute Gasteiger partial charge is 0.478 e. The Labute approximate surface area is 108 Å². The lowest BCUT2D eigenvalue weighted by Gasteiger charge is -2.15. The Balaban J connectivity index is 2.16. The Morgan fingerprint density at radius 2 is 2.05 bits per heavy atom. The summed E-state index contributed by atoms with van der Waals surface area (Å²) >= 11 is 0. The van der Waals surface area contributed by atoms with Crippen LogP contribution in [0, 0.1) is 0 Å². The van der Waals surface area contributed by atoms with Crippen LogP contribution in [0.25, 0.3) is 10.9 Å². The van der Waals surface area contributed by atoms with Crippen molar-refractivity contribution < 1.29 is 9.90 Å². The molecular formula is C13H13N3O3. The molecular weight excluding hydrogens is 246 g/mol. The lowest BCUT2D eigenvalue weighted by molar-refractivity contribution is 0.0697. The lowest BCUT2D eigenvalue weighted by atomic mass is 10.1. The minimum absolute atomic E-state index is 0.137. The number of aromatic carboxylic acids is 1. The number of carboxylic acids is 1. The van der Waals surface area contributed by atoms with Crippen LogP contribution in [0.2, 0.25) is 0 Å². The third-order valence-electron chi connectivity index (χ3n) is 3.35. The number of nitrogens with one attached hydrogen (secondary N) is 1. The zero-order valence-corrected chi connectivity index (χ0v) is 10.2. The first kappa shape index (κ1) is 11.7. The Morgan fingerprint density at radius 3 is 2.74 bits per heavy atom. The highest BCUT2D eigenvalue weighted by atomic mass is 16.4. The summed E-state index contributed by atoms with van der Waals surface area (Å²) in [5.41, 5.74) is 0.326. The number of hydrogen-bond donors (Lipinski definition) is 2. The van der Waals surface area contributed by atoms with Crippen molar-refractivity contribution in [2.45, 2.75) is 12.8 Å². The van der Waals surface area contributed by atoms with Crippen molar-refractivity contribution in [3.05, 3.63) is 34.1 Å². The highest BCUT2D eigenvalue weighted by molar-refractivity contribution is 5.93. The Kier molecular flexibility index (Phi) is 2.70. The average molecular weight is 259 g/mol. The molecule has 1 saturated heterocycles. The molecule has 0 bridgehead atoms. The number of nitrogens with zero attached hydrogens (tertiary/aromatic N) is 2. The van der Waals surface area contributed by atoms with E-state index in [9.17, 15) is 9.59 Å². The SMILES string of the molecule is O=C(O)c1ccc2c(=O)[nH]c(N3CCCC3)nc2c1. The van der Waals surface area contributed by atoms with Crippen molar-refractivity contribution in [1.82, 2.24) is 9.97 Å². The van der Waals surface area contributed by atoms with Gasteiger partial charge in [-0.25, -0.2) is 9.78 Å². The minimum atomic E-state index is -1.02. The molecule has 1 fully saturated rings. The standard InChI is InChI=1S/C13H13N3O3/c17-11-9-4-3-8(12(18)19)7-10(9)14-13(15-11)16-5-1-2-6-16/h3-4,7H,1-2,5-6H2,(H,18,19)(H,14,15,17). The number of benzene rings is 1. The molecule has 0 amide bonds. The Morgan fingerprint density at radius 1 is 1.32 bits per heavy atom. The summed E-state index contributed by atoms with van der Waals surface area (Å²) in [5.74, 6) is -0.496. The molecule has 0 aliphatic carbocycles. The fraction of sp³-hybridized carbons (Fsp3) is 0.308. The molecule has 1 aliphatic heterocycles. The molecule has 0 radical (unpaired) electrons. The van der Waals surface area contributed by atoms with Gasteiger partial charge in [-0.3, -0.25) is 9.78 Å². The van der Waals surface area contributed by atoms with Crippen LogP contribution in [-0.2, 0) is 0 Å². The average Bonchev–Trinajstić information content (AvgIpc) is 2.91. The van der Waals surface area contributed by atoms with Gasteiger partial charge in [-0.05, 0) is 31.0 Å². The van der Waals surface area contributed by atoms with Crippen LogP contribution in [0.4, 0.5) is 5.95 Å². The van der Waals surface area contributed by atoms with Crippen molar-refractivity contribution >= 4 is 22.8 Å². The van der Waals surface area contributed by atoms with E-state index in [1.54, 1.807) is 0 Å². The van der Waals surface area contributed by atoms with E-state index in [1.807, 2.05) is 4.90 Å². The van der Waals surface area contributed by atoms with Gasteiger partial charge in [0.15, 0.2) is 0 Å². The first-order chi connectivity index (χ1) is 9.15. The van der Waals surface area contributed by atoms with Gasteiger partial charge >= 0.3 is 5.97 Å². The first-order valence-corrected chi connectivity index (χ1v) is 6.17. The summed E-state index contributed by atoms with van der Waals surface area (Å²) in [6, 6.07) is 4.35. The van der Waals surface area contributed by atoms with E-state index in [4.69, 9.17) is 5.11 Å². The van der Waals surface area contributed by atoms with Crippen LogP contribution in [-0.4, -0.2) is 34.1 Å². The maximum Gasteiger partial charge on any atom is 0.335 e. The molecule has 1 aromatic heterocycles. The van der Waals surface area contributed by atoms with Gasteiger partial charge < -0.3 is 10.0 Å². The fourth-order valence-corrected chi connectivity index (χ4v) is 2.34. The number of aromatic nitrogens is 2. The number of carbonyl (C=O) groups is 1. The highest BCUT2D eigenvalue weighted by Gasteiger charge is 2.16. The Bertz CT molecular complexity index is 702. The second-order valence-corrected chi connectivity index (χ2v) is 4.62. The minimum Gasteiger partial charge on any atom is -0.478 e. The van der Waals surface area contributed by atoms with Gasteiger partial charge in [0.1, 0.15) is 0 Å². The normalized spacial score (nSPS) is 15.1. The van der Waals surface area contributed by atoms with Gasteiger partial charge in [-0.15, -0.1) is 0 Å². The topological polar surface area (TPSA) is 86.3 Å². The number of H-pyrrole nitrogens is 1. The predicted octanol–water partition coefficient (Wildman–Crippen LogP) is 1.22. The fourth-order valence-electron chi connectivity index (χ4n) is 2.34. The molecule has 1 aliphatic rings. The van der Waals surface area contributed by atoms with E-state index in [0.29, 0.717) is 16.9 Å². The number of anilines is 1. The zero-order valence-electron chi connectivity index (χ0n) is 10.2. The van der Waals surface area contributed by atoms with Crippen LogP contribution < -0.4 is 10.5 Å². The third-order valence-corrected chi connectivity index (χ3v) is 3.35. The maximum absolute atomic E-state index is 12.0. The van der Waals surface area contributed by atoms with E-state index >= 15 is 0 Å². The summed E-state index contributed by atoms with van der Waals surface area (Å²) in [6.07, 6.45) is 2.16. The van der Waals surface area contributed by atoms with Gasteiger partial charge in [-0.1, -0.05) is 0 Å². The van der Waals surface area contributed by atoms with E-state index in [-0.39, 0.29) is 11.1 Å². The number of aromatic amines is 1. The van der Waals surface area contributed by atoms with Crippen molar-refractivity contribution in [3.8, 4) is 0 Å². The number of rotatable bonds is 2. The number of hydrogen-bond acceptors (Lipinski definition) is 4. The van der Waals surface area contributed by atoms with Crippen LogP contribution in [0.3, 0.4) is 0 Å². The molecule has 19 heavy (non-hydrogen) atoms. The summed E-state index contributed by atoms with van der Waals surface area (Å²) in [7, 11) is 0. The van der Waals surface area contributed by atoms with Gasteiger partial charge in [0.05, 0.1) is 16.5 Å². The van der Waals surface area contributed by atoms with Crippen molar-refractivity contribution in [2.75, 3.05) is 18.0 Å². The van der Waals surface area contributed by atoms with Crippen molar-refractivity contribution in [3.63, 3.8) is 0 Å². The van der Waals surface area contributed by atoms with Gasteiger partial charge in [0.2, 0.25) is 5.95 Å². The van der Waals surface area contributed by atoms with E-state index in [0.717, 1.165) is 25.9 Å². The molecule has 0 spiro atoms. The molecule has 6 heteroatoms. The van der Waals surface area contributed by atoms with Gasteiger partial charge in [0, 0.05) is 13.1 Å². The molecule has 2 aromatic rings. The highest BCUT2D eigenvalue weighted by Crippen LogP contribution is 2.17. The van der Waals surface area contributed by atoms with Crippen LogP contribution in [0.1, 0.15) is 23.2 Å². The quantitative estimate of drug-likeness (QED) is 0.846. The zero-order chi connectivity index (χ0) is 13.4. The molecule has 0 atom stereocenters. The van der Waals surface area contributed by atoms with Crippen molar-refractivity contribution in [2.24, 2.45) is 0 Å². The van der Waals surface area contributed by atoms with Crippen LogP contribution >= 0.6 is 0 Å². The van der Waals surface area contributed by atoms with Crippen LogP contribution in [0.5, 0.6) is 0 Å². The second-order valence-electron chi connectivity index (χ2n) is 4.62. The summed E-state index contributed by atoms with van der Waals surface area (Å²) in [5, 5.41) is 9.38. The predicted molar refractivity (Wildman–Crippen MR) is 70.8 cm³/mol. The second kappa shape index (κ2) is 4.38. The van der Waals surface area contributed by atoms with Crippen LogP contribution in [0.15, 0.2) is 23.0 Å². The Hall–Kier alpha value is -2.37. The van der Waals surface area contributed by atoms with E-state index < -0.39 is 5.97 Å². The van der Waals surface area contributed by atoms with Gasteiger partial charge in [-0.2, -0.15) is 0 Å². The number of fused-ring (bicyclic) bond motifs is 1. The molecule has 2 N–H and O–H groups in total. The molecule has 0 unspecified atom stereocenters. The molecule has 3 rings (SSSR count). The lowest BCUT2D eigenvalue weighted by Crippen LogP contribution is -2.24. The molecule has 2 heterocycles. The summed E-state index contributed by atoms with van der Waals surface area (Å²) < 4.78 is 0. The number of carboxylic acid groups (broad SMARTS) is 1. The molecule has 98 valence electrons.